The molecule has 0 spiro atoms. The molecule has 20 heavy (non-hydrogen) atoms. The molecule has 0 aliphatic heterocycles. The summed E-state index contributed by atoms with van der Waals surface area (Å²) in [4.78, 5) is 11.6. The normalized spacial score (nSPS) is 11.8. The Morgan fingerprint density at radius 2 is 1.95 bits per heavy atom. The van der Waals surface area contributed by atoms with Gasteiger partial charge in [0.25, 0.3) is 0 Å². The number of hydrogen-bond donors (Lipinski definition) is 0. The zero-order valence-corrected chi connectivity index (χ0v) is 13.5. The molecule has 1 heterocycles. The fourth-order valence-electron chi connectivity index (χ4n) is 1.65. The molecule has 0 aliphatic carbocycles. The Hall–Kier alpha value is -0.910. The van der Waals surface area contributed by atoms with Crippen LogP contribution in [0.1, 0.15) is 5.56 Å². The van der Waals surface area contributed by atoms with Crippen LogP contribution < -0.4 is 10.1 Å². The van der Waals surface area contributed by atoms with Gasteiger partial charge in [0.05, 0.1) is 0 Å². The molecular formula is C12H12ClO5PS. The number of hydrogen-bond acceptors (Lipinski definition) is 6. The van der Waals surface area contributed by atoms with Gasteiger partial charge in [-0.25, -0.2) is 4.79 Å². The Balaban J connectivity index is 2.53. The van der Waals surface area contributed by atoms with E-state index in [1.807, 2.05) is 0 Å². The highest BCUT2D eigenvalue weighted by Gasteiger charge is 2.19. The van der Waals surface area contributed by atoms with Gasteiger partial charge in [-0.15, -0.1) is 0 Å². The van der Waals surface area contributed by atoms with Crippen molar-refractivity contribution in [3.8, 4) is 5.75 Å². The van der Waals surface area contributed by atoms with E-state index in [9.17, 15) is 4.79 Å². The van der Waals surface area contributed by atoms with Crippen LogP contribution in [0, 0.1) is 6.92 Å². The van der Waals surface area contributed by atoms with Crippen LogP contribution >= 0.6 is 18.3 Å². The number of aryl methyl sites for hydroxylation is 1. The van der Waals surface area contributed by atoms with Crippen molar-refractivity contribution in [3.63, 3.8) is 0 Å². The van der Waals surface area contributed by atoms with E-state index in [1.54, 1.807) is 25.1 Å². The maximum Gasteiger partial charge on any atom is 0.380 e. The van der Waals surface area contributed by atoms with Gasteiger partial charge in [-0.05, 0) is 24.6 Å². The smallest absolute Gasteiger partial charge is 0.380 e. The lowest BCUT2D eigenvalue weighted by molar-refractivity contribution is 0.273. The van der Waals surface area contributed by atoms with Crippen molar-refractivity contribution in [2.24, 2.45) is 0 Å². The molecule has 0 bridgehead atoms. The van der Waals surface area contributed by atoms with Crippen molar-refractivity contribution in [1.29, 1.82) is 0 Å². The minimum absolute atomic E-state index is 0.0741. The Labute approximate surface area is 125 Å². The van der Waals surface area contributed by atoms with Crippen molar-refractivity contribution in [3.05, 3.63) is 39.2 Å². The SMILES string of the molecule is COP(=S)(OC)Oc1ccc2c(C)c(Cl)c(=O)oc2c1. The topological polar surface area (TPSA) is 57.9 Å². The molecule has 0 aliphatic rings. The monoisotopic (exact) mass is 334 g/mol. The molecule has 5 nitrogen and oxygen atoms in total. The Morgan fingerprint density at radius 3 is 2.55 bits per heavy atom. The van der Waals surface area contributed by atoms with Crippen LogP contribution in [0.25, 0.3) is 11.0 Å². The first-order chi connectivity index (χ1) is 9.40. The Kier molecular flexibility index (Phi) is 4.52. The van der Waals surface area contributed by atoms with E-state index in [4.69, 9.17) is 41.4 Å². The molecule has 0 unspecified atom stereocenters. The second-order valence-electron chi connectivity index (χ2n) is 3.89. The van der Waals surface area contributed by atoms with Gasteiger partial charge in [0.15, 0.2) is 0 Å². The third kappa shape index (κ3) is 2.90. The summed E-state index contributed by atoms with van der Waals surface area (Å²) in [7, 11) is 2.82. The summed E-state index contributed by atoms with van der Waals surface area (Å²) in [6, 6.07) is 4.98. The van der Waals surface area contributed by atoms with Crippen LogP contribution in [0.15, 0.2) is 27.4 Å². The van der Waals surface area contributed by atoms with Gasteiger partial charge in [0.2, 0.25) is 0 Å². The number of rotatable bonds is 4. The van der Waals surface area contributed by atoms with Crippen LogP contribution in [0.3, 0.4) is 0 Å². The zero-order chi connectivity index (χ0) is 14.9. The number of fused-ring (bicyclic) bond motifs is 1. The molecule has 0 saturated carbocycles. The van der Waals surface area contributed by atoms with Crippen LogP contribution in [-0.4, -0.2) is 14.2 Å². The summed E-state index contributed by atoms with van der Waals surface area (Å²) in [6.07, 6.45) is 0. The first-order valence-corrected chi connectivity index (χ1v) is 8.47. The minimum atomic E-state index is -2.83. The van der Waals surface area contributed by atoms with Gasteiger partial charge in [-0.3, -0.25) is 0 Å². The van der Waals surface area contributed by atoms with Crippen molar-refractivity contribution >= 4 is 41.1 Å². The van der Waals surface area contributed by atoms with Crippen molar-refractivity contribution in [1.82, 2.24) is 0 Å². The molecule has 0 saturated heterocycles. The third-order valence-corrected chi connectivity index (χ3v) is 5.62. The summed E-state index contributed by atoms with van der Waals surface area (Å²) in [5.74, 6) is 0.398. The molecule has 0 radical (unpaired) electrons. The molecule has 0 atom stereocenters. The first kappa shape index (κ1) is 15.5. The Morgan fingerprint density at radius 1 is 1.30 bits per heavy atom. The maximum atomic E-state index is 11.6. The van der Waals surface area contributed by atoms with Crippen LogP contribution in [-0.2, 0) is 20.9 Å². The average molecular weight is 335 g/mol. The van der Waals surface area contributed by atoms with Gasteiger partial charge in [0.1, 0.15) is 16.4 Å². The molecule has 0 amide bonds. The van der Waals surface area contributed by atoms with E-state index < -0.39 is 12.3 Å². The van der Waals surface area contributed by atoms with Crippen LogP contribution in [0.4, 0.5) is 0 Å². The molecule has 0 N–H and O–H groups in total. The number of halogens is 1. The summed E-state index contributed by atoms with van der Waals surface area (Å²) in [5.41, 5.74) is 0.428. The summed E-state index contributed by atoms with van der Waals surface area (Å²) < 4.78 is 20.7. The fraction of sp³-hybridized carbons (Fsp3) is 0.250. The summed E-state index contributed by atoms with van der Waals surface area (Å²) >= 11 is 11.0. The zero-order valence-electron chi connectivity index (χ0n) is 11.0. The van der Waals surface area contributed by atoms with E-state index in [-0.39, 0.29) is 5.02 Å². The fourth-order valence-corrected chi connectivity index (χ4v) is 2.72. The van der Waals surface area contributed by atoms with Gasteiger partial charge in [-0.2, -0.15) is 0 Å². The van der Waals surface area contributed by atoms with E-state index >= 15 is 0 Å². The quantitative estimate of drug-likeness (QED) is 0.628. The largest absolute Gasteiger partial charge is 0.424 e. The van der Waals surface area contributed by atoms with Gasteiger partial charge in [0, 0.05) is 37.5 Å². The molecule has 2 aromatic rings. The maximum absolute atomic E-state index is 11.6. The summed E-state index contributed by atoms with van der Waals surface area (Å²) in [6.45, 7) is -1.08. The molecule has 108 valence electrons. The van der Waals surface area contributed by atoms with E-state index in [0.29, 0.717) is 16.9 Å². The Bertz CT molecular complexity index is 749. The van der Waals surface area contributed by atoms with Crippen molar-refractivity contribution in [2.75, 3.05) is 14.2 Å². The lowest BCUT2D eigenvalue weighted by Gasteiger charge is -2.18. The standard InChI is InChI=1S/C12H12ClO5PS/c1-7-9-5-4-8(18-19(20,15-2)16-3)6-10(9)17-12(14)11(7)13/h4-6H,1-3H3. The van der Waals surface area contributed by atoms with Gasteiger partial charge in [-0.1, -0.05) is 11.6 Å². The molecular weight excluding hydrogens is 323 g/mol. The predicted molar refractivity (Wildman–Crippen MR) is 81.2 cm³/mol. The second-order valence-corrected chi connectivity index (χ2v) is 7.42. The lowest BCUT2D eigenvalue weighted by Crippen LogP contribution is -2.02. The minimum Gasteiger partial charge on any atom is -0.424 e. The van der Waals surface area contributed by atoms with Crippen molar-refractivity contribution in [2.45, 2.75) is 6.92 Å². The average Bonchev–Trinajstić information content (AvgIpc) is 2.44. The predicted octanol–water partition coefficient (Wildman–Crippen LogP) is 3.65. The molecule has 1 aromatic heterocycles. The van der Waals surface area contributed by atoms with Crippen LogP contribution in [0.2, 0.25) is 5.02 Å². The van der Waals surface area contributed by atoms with Crippen LogP contribution in [0.5, 0.6) is 5.75 Å². The molecule has 2 rings (SSSR count). The molecule has 0 fully saturated rings. The van der Waals surface area contributed by atoms with E-state index in [1.165, 1.54) is 14.2 Å². The lowest BCUT2D eigenvalue weighted by atomic mass is 10.1. The van der Waals surface area contributed by atoms with Crippen molar-refractivity contribution < 1.29 is 18.0 Å². The van der Waals surface area contributed by atoms with Gasteiger partial charge < -0.3 is 18.0 Å². The second kappa shape index (κ2) is 5.84. The highest BCUT2D eigenvalue weighted by atomic mass is 35.5. The molecule has 1 aromatic carbocycles. The number of benzene rings is 1. The first-order valence-electron chi connectivity index (χ1n) is 5.54. The van der Waals surface area contributed by atoms with Gasteiger partial charge >= 0.3 is 12.3 Å². The van der Waals surface area contributed by atoms with E-state index in [0.717, 1.165) is 5.39 Å². The third-order valence-electron chi connectivity index (χ3n) is 2.73. The summed E-state index contributed by atoms with van der Waals surface area (Å²) in [5, 5.41) is 0.801. The highest BCUT2D eigenvalue weighted by molar-refractivity contribution is 8.07. The van der Waals surface area contributed by atoms with E-state index in [2.05, 4.69) is 0 Å². The highest BCUT2D eigenvalue weighted by Crippen LogP contribution is 2.48. The molecule has 8 heteroatoms.